The van der Waals surface area contributed by atoms with Crippen LogP contribution >= 0.6 is 0 Å². The van der Waals surface area contributed by atoms with Crippen molar-refractivity contribution in [3.8, 4) is 0 Å². The van der Waals surface area contributed by atoms with Crippen molar-refractivity contribution in [2.45, 2.75) is 13.0 Å². The molecule has 0 fully saturated rings. The quantitative estimate of drug-likeness (QED) is 0.797. The highest BCUT2D eigenvalue weighted by atomic mass is 16.2. The number of rotatable bonds is 3. The summed E-state index contributed by atoms with van der Waals surface area (Å²) in [4.78, 5) is 13.7. The minimum Gasteiger partial charge on any atom is -0.337 e. The molecule has 1 N–H and O–H groups in total. The van der Waals surface area contributed by atoms with Gasteiger partial charge in [0.1, 0.15) is 0 Å². The number of likely N-dealkylation sites (N-methyl/N-ethyl adjacent to an activating group) is 1. The molecule has 15 heavy (non-hydrogen) atoms. The highest BCUT2D eigenvalue weighted by Crippen LogP contribution is 2.24. The topological polar surface area (TPSA) is 32.3 Å². The van der Waals surface area contributed by atoms with E-state index in [1.165, 1.54) is 0 Å². The molecule has 0 saturated heterocycles. The molecule has 1 aromatic carbocycles. The van der Waals surface area contributed by atoms with Crippen LogP contribution in [0, 0.1) is 0 Å². The zero-order valence-corrected chi connectivity index (χ0v) is 9.21. The Balaban J connectivity index is 2.34. The fourth-order valence-corrected chi connectivity index (χ4v) is 2.05. The van der Waals surface area contributed by atoms with E-state index >= 15 is 0 Å². The van der Waals surface area contributed by atoms with Crippen LogP contribution in [0.5, 0.6) is 0 Å². The number of hydrogen-bond donors (Lipinski definition) is 1. The molecule has 2 rings (SSSR count). The first-order valence-electron chi connectivity index (χ1n) is 5.25. The maximum atomic E-state index is 11.9. The van der Waals surface area contributed by atoms with Gasteiger partial charge >= 0.3 is 0 Å². The van der Waals surface area contributed by atoms with Gasteiger partial charge in [-0.15, -0.1) is 0 Å². The monoisotopic (exact) mass is 204 g/mol. The zero-order valence-electron chi connectivity index (χ0n) is 9.21. The van der Waals surface area contributed by atoms with Crippen molar-refractivity contribution >= 4 is 5.91 Å². The molecule has 1 amide bonds. The summed E-state index contributed by atoms with van der Waals surface area (Å²) in [7, 11) is 3.78. The smallest absolute Gasteiger partial charge is 0.254 e. The lowest BCUT2D eigenvalue weighted by Crippen LogP contribution is -2.19. The third kappa shape index (κ3) is 1.75. The van der Waals surface area contributed by atoms with Gasteiger partial charge in [0, 0.05) is 19.2 Å². The van der Waals surface area contributed by atoms with E-state index in [1.54, 1.807) is 4.90 Å². The highest BCUT2D eigenvalue weighted by Gasteiger charge is 2.26. The maximum Gasteiger partial charge on any atom is 0.254 e. The molecule has 1 aliphatic rings. The van der Waals surface area contributed by atoms with E-state index in [0.717, 1.165) is 36.2 Å². The van der Waals surface area contributed by atoms with Crippen LogP contribution in [0.1, 0.15) is 21.5 Å². The van der Waals surface area contributed by atoms with Crippen LogP contribution in [0.4, 0.5) is 0 Å². The van der Waals surface area contributed by atoms with Gasteiger partial charge in [-0.2, -0.15) is 0 Å². The standard InChI is InChI=1S/C12H16N2O/c1-13-7-6-9-4-3-5-10-8-14(2)12(15)11(9)10/h3-5,13H,6-8H2,1-2H3. The fourth-order valence-electron chi connectivity index (χ4n) is 2.05. The molecule has 80 valence electrons. The summed E-state index contributed by atoms with van der Waals surface area (Å²) < 4.78 is 0. The summed E-state index contributed by atoms with van der Waals surface area (Å²) in [5.74, 6) is 0.164. The largest absolute Gasteiger partial charge is 0.337 e. The van der Waals surface area contributed by atoms with Gasteiger partial charge in [-0.1, -0.05) is 18.2 Å². The van der Waals surface area contributed by atoms with Crippen LogP contribution in [-0.4, -0.2) is 31.4 Å². The van der Waals surface area contributed by atoms with Gasteiger partial charge in [0.2, 0.25) is 0 Å². The first-order chi connectivity index (χ1) is 7.24. The third-order valence-electron chi connectivity index (χ3n) is 2.85. The second-order valence-electron chi connectivity index (χ2n) is 3.97. The first kappa shape index (κ1) is 10.2. The highest BCUT2D eigenvalue weighted by molar-refractivity contribution is 5.99. The molecule has 0 saturated carbocycles. The molecule has 1 aromatic rings. The third-order valence-corrected chi connectivity index (χ3v) is 2.85. The number of fused-ring (bicyclic) bond motifs is 1. The molecule has 0 atom stereocenters. The summed E-state index contributed by atoms with van der Waals surface area (Å²) in [5, 5.41) is 3.11. The van der Waals surface area contributed by atoms with E-state index in [4.69, 9.17) is 0 Å². The average molecular weight is 204 g/mol. The second-order valence-corrected chi connectivity index (χ2v) is 3.97. The normalized spacial score (nSPS) is 14.5. The van der Waals surface area contributed by atoms with Gasteiger partial charge < -0.3 is 10.2 Å². The average Bonchev–Trinajstić information content (AvgIpc) is 2.53. The van der Waals surface area contributed by atoms with Gasteiger partial charge in [-0.25, -0.2) is 0 Å². The SMILES string of the molecule is CNCCc1cccc2c1C(=O)N(C)C2. The Labute approximate surface area is 90.1 Å². The van der Waals surface area contributed by atoms with Crippen molar-refractivity contribution in [2.75, 3.05) is 20.6 Å². The number of carbonyl (C=O) groups is 1. The van der Waals surface area contributed by atoms with Crippen molar-refractivity contribution in [1.29, 1.82) is 0 Å². The van der Waals surface area contributed by atoms with Crippen molar-refractivity contribution in [3.63, 3.8) is 0 Å². The van der Waals surface area contributed by atoms with Gasteiger partial charge in [0.15, 0.2) is 0 Å². The van der Waals surface area contributed by atoms with Gasteiger partial charge in [0.05, 0.1) is 0 Å². The molecule has 1 aliphatic heterocycles. The Hall–Kier alpha value is -1.35. The number of nitrogens with zero attached hydrogens (tertiary/aromatic N) is 1. The Morgan fingerprint density at radius 2 is 2.27 bits per heavy atom. The number of benzene rings is 1. The van der Waals surface area contributed by atoms with Crippen molar-refractivity contribution in [2.24, 2.45) is 0 Å². The van der Waals surface area contributed by atoms with E-state index in [9.17, 15) is 4.79 Å². The van der Waals surface area contributed by atoms with Crippen molar-refractivity contribution in [1.82, 2.24) is 10.2 Å². The fraction of sp³-hybridized carbons (Fsp3) is 0.417. The summed E-state index contributed by atoms with van der Waals surface area (Å²) in [6, 6.07) is 6.13. The molecular formula is C12H16N2O. The van der Waals surface area contributed by atoms with Crippen LogP contribution in [-0.2, 0) is 13.0 Å². The predicted molar refractivity (Wildman–Crippen MR) is 59.9 cm³/mol. The van der Waals surface area contributed by atoms with Crippen molar-refractivity contribution < 1.29 is 4.79 Å². The summed E-state index contributed by atoms with van der Waals surface area (Å²) in [5.41, 5.74) is 3.25. The molecule has 0 bridgehead atoms. The second kappa shape index (κ2) is 4.03. The van der Waals surface area contributed by atoms with E-state index < -0.39 is 0 Å². The number of amides is 1. The molecule has 3 nitrogen and oxygen atoms in total. The van der Waals surface area contributed by atoms with Gasteiger partial charge in [0.25, 0.3) is 5.91 Å². The lowest BCUT2D eigenvalue weighted by molar-refractivity contribution is 0.0815. The number of nitrogens with one attached hydrogen (secondary N) is 1. The summed E-state index contributed by atoms with van der Waals surface area (Å²) >= 11 is 0. The molecule has 0 spiro atoms. The minimum atomic E-state index is 0.164. The summed E-state index contributed by atoms with van der Waals surface area (Å²) in [6.45, 7) is 1.66. The van der Waals surface area contributed by atoms with Crippen LogP contribution in [0.2, 0.25) is 0 Å². The van der Waals surface area contributed by atoms with E-state index in [2.05, 4.69) is 5.32 Å². The number of carbonyl (C=O) groups excluding carboxylic acids is 1. The van der Waals surface area contributed by atoms with Crippen LogP contribution in [0.3, 0.4) is 0 Å². The molecule has 0 radical (unpaired) electrons. The van der Waals surface area contributed by atoms with Crippen LogP contribution in [0.15, 0.2) is 18.2 Å². The zero-order chi connectivity index (χ0) is 10.8. The van der Waals surface area contributed by atoms with Gasteiger partial charge in [-0.3, -0.25) is 4.79 Å². The van der Waals surface area contributed by atoms with E-state index in [0.29, 0.717) is 0 Å². The Morgan fingerprint density at radius 3 is 3.00 bits per heavy atom. The van der Waals surface area contributed by atoms with Crippen LogP contribution < -0.4 is 5.32 Å². The van der Waals surface area contributed by atoms with Crippen molar-refractivity contribution in [3.05, 3.63) is 34.9 Å². The molecule has 0 aromatic heterocycles. The Morgan fingerprint density at radius 1 is 1.47 bits per heavy atom. The Bertz CT molecular complexity index is 387. The molecule has 0 unspecified atom stereocenters. The van der Waals surface area contributed by atoms with E-state index in [-0.39, 0.29) is 5.91 Å². The molecule has 1 heterocycles. The Kier molecular flexibility index (Phi) is 2.73. The lowest BCUT2D eigenvalue weighted by Gasteiger charge is -2.07. The predicted octanol–water partition coefficient (Wildman–Crippen LogP) is 1.03. The molecule has 3 heteroatoms. The molecular weight excluding hydrogens is 188 g/mol. The lowest BCUT2D eigenvalue weighted by atomic mass is 10.0. The van der Waals surface area contributed by atoms with Crippen LogP contribution in [0.25, 0.3) is 0 Å². The molecule has 0 aliphatic carbocycles. The number of hydrogen-bond acceptors (Lipinski definition) is 2. The first-order valence-corrected chi connectivity index (χ1v) is 5.25. The van der Waals surface area contributed by atoms with E-state index in [1.807, 2.05) is 32.3 Å². The minimum absolute atomic E-state index is 0.164. The maximum absolute atomic E-state index is 11.9. The van der Waals surface area contributed by atoms with Gasteiger partial charge in [-0.05, 0) is 31.1 Å². The summed E-state index contributed by atoms with van der Waals surface area (Å²) in [6.07, 6.45) is 0.916.